The molecule has 6 heteroatoms. The Bertz CT molecular complexity index is 543. The molecule has 2 rings (SSSR count). The van der Waals surface area contributed by atoms with Crippen molar-refractivity contribution in [1.29, 1.82) is 0 Å². The van der Waals surface area contributed by atoms with E-state index in [2.05, 4.69) is 5.10 Å². The van der Waals surface area contributed by atoms with Crippen molar-refractivity contribution in [2.45, 2.75) is 10.6 Å². The average Bonchev–Trinajstić information content (AvgIpc) is 2.43. The van der Waals surface area contributed by atoms with Gasteiger partial charge in [0.15, 0.2) is 9.84 Å². The fourth-order valence-corrected chi connectivity index (χ4v) is 4.48. The van der Waals surface area contributed by atoms with Crippen molar-refractivity contribution >= 4 is 21.2 Å². The second-order valence-electron chi connectivity index (χ2n) is 3.59. The Morgan fingerprint density at radius 3 is 2.87 bits per heavy atom. The summed E-state index contributed by atoms with van der Waals surface area (Å²) in [5.41, 5.74) is 0.871. The lowest BCUT2D eigenvalue weighted by atomic mass is 10.2. The van der Waals surface area contributed by atoms with Crippen molar-refractivity contribution in [2.75, 3.05) is 19.8 Å². The molecule has 0 aliphatic carbocycles. The second kappa shape index (κ2) is 3.61. The minimum absolute atomic E-state index is 0.221. The summed E-state index contributed by atoms with van der Waals surface area (Å²) in [6.45, 7) is 0. The third kappa shape index (κ3) is 1.91. The molecule has 4 nitrogen and oxygen atoms in total. The van der Waals surface area contributed by atoms with Gasteiger partial charge in [-0.25, -0.2) is 8.42 Å². The van der Waals surface area contributed by atoms with Crippen LogP contribution in [0.1, 0.15) is 5.56 Å². The number of nitrogens with zero attached hydrogens (tertiary/aromatic N) is 2. The van der Waals surface area contributed by atoms with Crippen molar-refractivity contribution in [2.24, 2.45) is 5.10 Å². The highest BCUT2D eigenvalue weighted by Crippen LogP contribution is 2.26. The Kier molecular flexibility index (Phi) is 2.56. The summed E-state index contributed by atoms with van der Waals surface area (Å²) >= 11 is 1.28. The maximum absolute atomic E-state index is 11.6. The first-order valence-corrected chi connectivity index (χ1v) is 7.09. The summed E-state index contributed by atoms with van der Waals surface area (Å²) < 4.78 is 23.8. The first kappa shape index (κ1) is 10.6. The Morgan fingerprint density at radius 1 is 1.47 bits per heavy atom. The maximum Gasteiger partial charge on any atom is 0.188 e. The Balaban J connectivity index is 2.70. The van der Waals surface area contributed by atoms with E-state index in [1.54, 1.807) is 10.4 Å². The molecule has 0 N–H and O–H groups in total. The van der Waals surface area contributed by atoms with Crippen LogP contribution in [-0.2, 0) is 16.3 Å². The minimum atomic E-state index is -3.02. The summed E-state index contributed by atoms with van der Waals surface area (Å²) in [6, 6.07) is 1.87. The van der Waals surface area contributed by atoms with E-state index in [-0.39, 0.29) is 5.75 Å². The SMILES string of the molecule is CN(C)/N=c1\ccsc2c1CCS2(=O)=O. The summed E-state index contributed by atoms with van der Waals surface area (Å²) in [5.74, 6) is 0.221. The molecule has 0 saturated carbocycles. The standard InChI is InChI=1S/C9H12N2O2S2/c1-11(2)10-8-3-5-14-9-7(8)4-6-15(9,12)13/h3,5H,4,6H2,1-2H3/b10-8+. The number of sulfone groups is 1. The van der Waals surface area contributed by atoms with Crippen molar-refractivity contribution in [3.8, 4) is 0 Å². The highest BCUT2D eigenvalue weighted by atomic mass is 32.2. The zero-order valence-electron chi connectivity index (χ0n) is 8.60. The van der Waals surface area contributed by atoms with Crippen LogP contribution in [-0.4, -0.2) is 33.3 Å². The van der Waals surface area contributed by atoms with Crippen molar-refractivity contribution in [3.63, 3.8) is 0 Å². The zero-order valence-corrected chi connectivity index (χ0v) is 10.2. The van der Waals surface area contributed by atoms with Gasteiger partial charge in [0.1, 0.15) is 4.21 Å². The van der Waals surface area contributed by atoms with Crippen LogP contribution in [0, 0.1) is 0 Å². The van der Waals surface area contributed by atoms with Gasteiger partial charge in [0.25, 0.3) is 0 Å². The Hall–Kier alpha value is -0.880. The molecule has 0 amide bonds. The molecule has 82 valence electrons. The van der Waals surface area contributed by atoms with E-state index in [0.29, 0.717) is 10.6 Å². The molecule has 0 bridgehead atoms. The molecule has 0 fully saturated rings. The maximum atomic E-state index is 11.6. The summed E-state index contributed by atoms with van der Waals surface area (Å²) in [4.78, 5) is 0. The van der Waals surface area contributed by atoms with Crippen molar-refractivity contribution in [3.05, 3.63) is 22.4 Å². The monoisotopic (exact) mass is 244 g/mol. The van der Waals surface area contributed by atoms with Crippen LogP contribution in [0.4, 0.5) is 0 Å². The summed E-state index contributed by atoms with van der Waals surface area (Å²) in [7, 11) is 0.627. The average molecular weight is 244 g/mol. The molecule has 0 spiro atoms. The van der Waals surface area contributed by atoms with Crippen LogP contribution in [0.5, 0.6) is 0 Å². The van der Waals surface area contributed by atoms with Gasteiger partial charge in [0.05, 0.1) is 11.1 Å². The molecular formula is C9H12N2O2S2. The topological polar surface area (TPSA) is 49.7 Å². The second-order valence-corrected chi connectivity index (χ2v) is 6.81. The van der Waals surface area contributed by atoms with E-state index in [4.69, 9.17) is 0 Å². The van der Waals surface area contributed by atoms with Gasteiger partial charge >= 0.3 is 0 Å². The van der Waals surface area contributed by atoms with Gasteiger partial charge in [-0.15, -0.1) is 11.3 Å². The number of rotatable bonds is 1. The fraction of sp³-hybridized carbons (Fsp3) is 0.444. The fourth-order valence-electron chi connectivity index (χ4n) is 1.57. The summed E-state index contributed by atoms with van der Waals surface area (Å²) in [6.07, 6.45) is 0.585. The van der Waals surface area contributed by atoms with Gasteiger partial charge in [0.2, 0.25) is 0 Å². The van der Waals surface area contributed by atoms with Gasteiger partial charge in [-0.1, -0.05) is 0 Å². The van der Waals surface area contributed by atoms with Crippen LogP contribution in [0.15, 0.2) is 20.8 Å². The molecule has 0 saturated heterocycles. The normalized spacial score (nSPS) is 18.9. The van der Waals surface area contributed by atoms with Crippen LogP contribution >= 0.6 is 11.3 Å². The van der Waals surface area contributed by atoms with Crippen molar-refractivity contribution < 1.29 is 8.42 Å². The van der Waals surface area contributed by atoms with Gasteiger partial charge in [0, 0.05) is 19.7 Å². The first-order chi connectivity index (χ1) is 7.00. The van der Waals surface area contributed by atoms with Gasteiger partial charge in [-0.05, 0) is 17.9 Å². The zero-order chi connectivity index (χ0) is 11.1. The molecule has 0 aromatic carbocycles. The van der Waals surface area contributed by atoms with E-state index < -0.39 is 9.84 Å². The number of hydrogen-bond acceptors (Lipinski definition) is 5. The highest BCUT2D eigenvalue weighted by Gasteiger charge is 2.27. The van der Waals surface area contributed by atoms with E-state index in [1.807, 2.05) is 20.2 Å². The van der Waals surface area contributed by atoms with Gasteiger partial charge in [-0.2, -0.15) is 5.10 Å². The predicted molar refractivity (Wildman–Crippen MR) is 59.3 cm³/mol. The largest absolute Gasteiger partial charge is 0.303 e. The predicted octanol–water partition coefficient (Wildman–Crippen LogP) is 0.455. The Morgan fingerprint density at radius 2 is 2.20 bits per heavy atom. The molecule has 0 radical (unpaired) electrons. The van der Waals surface area contributed by atoms with E-state index >= 15 is 0 Å². The first-order valence-electron chi connectivity index (χ1n) is 4.56. The van der Waals surface area contributed by atoms with E-state index in [9.17, 15) is 8.42 Å². The molecule has 2 heterocycles. The lowest BCUT2D eigenvalue weighted by Crippen LogP contribution is -2.15. The van der Waals surface area contributed by atoms with Crippen molar-refractivity contribution in [1.82, 2.24) is 5.01 Å². The van der Waals surface area contributed by atoms with Crippen LogP contribution in [0.25, 0.3) is 0 Å². The lowest BCUT2D eigenvalue weighted by Gasteiger charge is -2.04. The third-order valence-corrected chi connectivity index (χ3v) is 5.50. The van der Waals surface area contributed by atoms with Gasteiger partial charge in [-0.3, -0.25) is 0 Å². The lowest BCUT2D eigenvalue weighted by molar-refractivity contribution is 0.420. The van der Waals surface area contributed by atoms with Crippen LogP contribution in [0.2, 0.25) is 0 Å². The molecule has 15 heavy (non-hydrogen) atoms. The third-order valence-electron chi connectivity index (χ3n) is 2.17. The van der Waals surface area contributed by atoms with E-state index in [1.165, 1.54) is 11.3 Å². The summed E-state index contributed by atoms with van der Waals surface area (Å²) in [5, 5.41) is 8.51. The molecule has 0 atom stereocenters. The number of fused-ring (bicyclic) bond motifs is 1. The molecule has 0 unspecified atom stereocenters. The number of hydrogen-bond donors (Lipinski definition) is 0. The van der Waals surface area contributed by atoms with Crippen LogP contribution < -0.4 is 5.36 Å². The minimum Gasteiger partial charge on any atom is -0.303 e. The van der Waals surface area contributed by atoms with Gasteiger partial charge < -0.3 is 5.01 Å². The molecule has 1 aromatic heterocycles. The molecule has 1 aliphatic heterocycles. The quantitative estimate of drug-likeness (QED) is 0.674. The molecule has 1 aromatic rings. The smallest absolute Gasteiger partial charge is 0.188 e. The molecule has 1 aliphatic rings. The molecular weight excluding hydrogens is 232 g/mol. The Labute approximate surface area is 92.8 Å². The van der Waals surface area contributed by atoms with E-state index in [0.717, 1.165) is 10.9 Å². The highest BCUT2D eigenvalue weighted by molar-refractivity contribution is 7.93. The van der Waals surface area contributed by atoms with Crippen LogP contribution in [0.3, 0.4) is 0 Å².